The zero-order chi connectivity index (χ0) is 15.9. The van der Waals surface area contributed by atoms with Crippen molar-refractivity contribution in [3.05, 3.63) is 83.8 Å². The smallest absolute Gasteiger partial charge is 0.119 e. The fraction of sp³-hybridized carbons (Fsp3) is 0.200. The molecule has 0 bridgehead atoms. The molecule has 1 aromatic rings. The van der Waals surface area contributed by atoms with Gasteiger partial charge in [0.15, 0.2) is 0 Å². The first-order chi connectivity index (χ1) is 10.7. The molecule has 0 aliphatic carbocycles. The number of ether oxygens (including phenoxy) is 1. The van der Waals surface area contributed by atoms with Crippen molar-refractivity contribution < 1.29 is 4.74 Å². The quantitative estimate of drug-likeness (QED) is 0.702. The van der Waals surface area contributed by atoms with Gasteiger partial charge in [-0.3, -0.25) is 4.99 Å². The van der Waals surface area contributed by atoms with Crippen molar-refractivity contribution in [2.24, 2.45) is 4.99 Å². The number of methoxy groups -OCH3 is 1. The molecule has 0 spiro atoms. The summed E-state index contributed by atoms with van der Waals surface area (Å²) in [5.74, 6) is 0.888. The van der Waals surface area contributed by atoms with E-state index in [0.717, 1.165) is 35.4 Å². The molecule has 0 unspecified atom stereocenters. The maximum Gasteiger partial charge on any atom is 0.119 e. The van der Waals surface area contributed by atoms with Gasteiger partial charge in [-0.25, -0.2) is 0 Å². The third-order valence-electron chi connectivity index (χ3n) is 3.62. The monoisotopic (exact) mass is 291 g/mol. The van der Waals surface area contributed by atoms with Gasteiger partial charge in [0.2, 0.25) is 0 Å². The predicted octanol–water partition coefficient (Wildman–Crippen LogP) is 4.59. The molecular formula is C20H21NO. The summed E-state index contributed by atoms with van der Waals surface area (Å²) in [5.41, 5.74) is 8.45. The zero-order valence-corrected chi connectivity index (χ0v) is 13.2. The second-order valence-corrected chi connectivity index (χ2v) is 5.05. The molecule has 1 aromatic carbocycles. The minimum Gasteiger partial charge on any atom is -0.497 e. The van der Waals surface area contributed by atoms with Gasteiger partial charge < -0.3 is 4.74 Å². The van der Waals surface area contributed by atoms with Crippen molar-refractivity contribution in [3.8, 4) is 5.75 Å². The van der Waals surface area contributed by atoms with Crippen molar-refractivity contribution in [2.45, 2.75) is 19.8 Å². The van der Waals surface area contributed by atoms with Crippen LogP contribution in [0.2, 0.25) is 0 Å². The first kappa shape index (κ1) is 15.8. The molecule has 0 saturated carbocycles. The summed E-state index contributed by atoms with van der Waals surface area (Å²) in [6, 6.07) is 6.18. The average molecular weight is 291 g/mol. The van der Waals surface area contributed by atoms with E-state index in [2.05, 4.69) is 42.9 Å². The second kappa shape index (κ2) is 7.44. The van der Waals surface area contributed by atoms with Crippen LogP contribution in [0.15, 0.2) is 77.7 Å². The molecule has 1 heterocycles. The van der Waals surface area contributed by atoms with Crippen molar-refractivity contribution in [1.82, 2.24) is 0 Å². The molecule has 1 aliphatic heterocycles. The highest BCUT2D eigenvalue weighted by Crippen LogP contribution is 2.21. The fourth-order valence-electron chi connectivity index (χ4n) is 2.31. The Bertz CT molecular complexity index is 713. The first-order valence-electron chi connectivity index (χ1n) is 7.35. The summed E-state index contributed by atoms with van der Waals surface area (Å²) in [7, 11) is 1.69. The van der Waals surface area contributed by atoms with Gasteiger partial charge in [0.05, 0.1) is 12.8 Å². The van der Waals surface area contributed by atoms with Crippen LogP contribution in [0.1, 0.15) is 18.1 Å². The Hall–Kier alpha value is -2.57. The number of hydrogen-bond donors (Lipinski definition) is 0. The molecule has 2 rings (SSSR count). The van der Waals surface area contributed by atoms with Crippen molar-refractivity contribution >= 4 is 5.71 Å². The summed E-state index contributed by atoms with van der Waals surface area (Å²) in [6.45, 7) is 10.1. The number of aliphatic imine (C=N–C) groups is 1. The molecule has 0 atom stereocenters. The summed E-state index contributed by atoms with van der Waals surface area (Å²) < 4.78 is 5.29. The van der Waals surface area contributed by atoms with Crippen LogP contribution in [0, 0.1) is 0 Å². The topological polar surface area (TPSA) is 21.6 Å². The molecule has 0 aromatic heterocycles. The normalized spacial score (nSPS) is 13.2. The second-order valence-electron chi connectivity index (χ2n) is 5.05. The number of aryl methyl sites for hydroxylation is 1. The van der Waals surface area contributed by atoms with Crippen molar-refractivity contribution in [3.63, 3.8) is 0 Å². The van der Waals surface area contributed by atoms with E-state index in [1.54, 1.807) is 19.4 Å². The van der Waals surface area contributed by atoms with Gasteiger partial charge >= 0.3 is 0 Å². The van der Waals surface area contributed by atoms with Gasteiger partial charge in [-0.05, 0) is 47.8 Å². The highest BCUT2D eigenvalue weighted by atomic mass is 16.5. The number of rotatable bonds is 6. The third kappa shape index (κ3) is 3.75. The van der Waals surface area contributed by atoms with Gasteiger partial charge in [0, 0.05) is 17.8 Å². The number of nitrogens with zero attached hydrogens (tertiary/aromatic N) is 1. The molecule has 0 saturated heterocycles. The molecule has 112 valence electrons. The standard InChI is InChI=1S/C20H21NO/c1-5-16-7-10-20(21-12-11-16)15(3)13-18-8-9-19(22-4)14-17(18)6-2/h5,8-12,14H,1,3,6,13H2,2,4H3. The Morgan fingerprint density at radius 2 is 2.18 bits per heavy atom. The first-order valence-corrected chi connectivity index (χ1v) is 7.35. The molecule has 2 nitrogen and oxygen atoms in total. The minimum absolute atomic E-state index is 0.765. The van der Waals surface area contributed by atoms with Crippen LogP contribution in [0.5, 0.6) is 5.75 Å². The summed E-state index contributed by atoms with van der Waals surface area (Å²) in [5, 5.41) is 0. The van der Waals surface area contributed by atoms with E-state index in [-0.39, 0.29) is 0 Å². The van der Waals surface area contributed by atoms with Crippen molar-refractivity contribution in [2.75, 3.05) is 7.11 Å². The van der Waals surface area contributed by atoms with E-state index < -0.39 is 0 Å². The Kier molecular flexibility index (Phi) is 5.35. The number of benzene rings is 1. The van der Waals surface area contributed by atoms with Crippen LogP contribution in [-0.4, -0.2) is 12.8 Å². The molecule has 0 radical (unpaired) electrons. The van der Waals surface area contributed by atoms with Crippen LogP contribution in [0.4, 0.5) is 0 Å². The molecule has 1 aliphatic rings. The van der Waals surface area contributed by atoms with E-state index >= 15 is 0 Å². The zero-order valence-electron chi connectivity index (χ0n) is 13.2. The van der Waals surface area contributed by atoms with Crippen molar-refractivity contribution in [1.29, 1.82) is 0 Å². The molecule has 0 amide bonds. The Labute approximate surface area is 132 Å². The van der Waals surface area contributed by atoms with E-state index in [1.807, 2.05) is 18.2 Å². The fourth-order valence-corrected chi connectivity index (χ4v) is 2.31. The van der Waals surface area contributed by atoms with Crippen LogP contribution in [-0.2, 0) is 12.8 Å². The highest BCUT2D eigenvalue weighted by Gasteiger charge is 2.08. The Morgan fingerprint density at radius 3 is 2.86 bits per heavy atom. The number of allylic oxidation sites excluding steroid dienone is 4. The number of hydrogen-bond acceptors (Lipinski definition) is 2. The summed E-state index contributed by atoms with van der Waals surface area (Å²) in [4.78, 5) is 4.43. The summed E-state index contributed by atoms with van der Waals surface area (Å²) >= 11 is 0. The third-order valence-corrected chi connectivity index (χ3v) is 3.62. The predicted molar refractivity (Wildman–Crippen MR) is 93.6 cm³/mol. The van der Waals surface area contributed by atoms with Gasteiger partial charge in [-0.2, -0.15) is 0 Å². The molecule has 0 fully saturated rings. The van der Waals surface area contributed by atoms with Gasteiger partial charge in [0.25, 0.3) is 0 Å². The lowest BCUT2D eigenvalue weighted by atomic mass is 9.96. The lowest BCUT2D eigenvalue weighted by Gasteiger charge is -2.11. The van der Waals surface area contributed by atoms with E-state index in [1.165, 1.54) is 11.1 Å². The highest BCUT2D eigenvalue weighted by molar-refractivity contribution is 6.08. The molecular weight excluding hydrogens is 270 g/mol. The molecule has 2 heteroatoms. The maximum absolute atomic E-state index is 5.29. The lowest BCUT2D eigenvalue weighted by molar-refractivity contribution is 0.414. The van der Waals surface area contributed by atoms with Gasteiger partial charge in [-0.15, -0.1) is 5.73 Å². The van der Waals surface area contributed by atoms with Crippen LogP contribution < -0.4 is 4.74 Å². The van der Waals surface area contributed by atoms with E-state index in [4.69, 9.17) is 4.74 Å². The van der Waals surface area contributed by atoms with Gasteiger partial charge in [0.1, 0.15) is 5.75 Å². The lowest BCUT2D eigenvalue weighted by Crippen LogP contribution is -2.03. The minimum atomic E-state index is 0.765. The maximum atomic E-state index is 5.29. The van der Waals surface area contributed by atoms with Crippen LogP contribution >= 0.6 is 0 Å². The molecule has 22 heavy (non-hydrogen) atoms. The Morgan fingerprint density at radius 1 is 1.36 bits per heavy atom. The largest absolute Gasteiger partial charge is 0.497 e. The molecule has 0 N–H and O–H groups in total. The SMILES string of the molecule is C=CC1=C=CC(C(=C)Cc2ccc(OC)cc2CC)=NC=C1. The van der Waals surface area contributed by atoms with Gasteiger partial charge in [-0.1, -0.05) is 32.2 Å². The van der Waals surface area contributed by atoms with E-state index in [0.29, 0.717) is 0 Å². The van der Waals surface area contributed by atoms with Crippen LogP contribution in [0.3, 0.4) is 0 Å². The summed E-state index contributed by atoms with van der Waals surface area (Å²) in [6.07, 6.45) is 9.00. The Balaban J connectivity index is 2.23. The average Bonchev–Trinajstić information content (AvgIpc) is 2.80. The van der Waals surface area contributed by atoms with Crippen LogP contribution in [0.25, 0.3) is 0 Å². The van der Waals surface area contributed by atoms with E-state index in [9.17, 15) is 0 Å².